The van der Waals surface area contributed by atoms with Crippen LogP contribution in [0.15, 0.2) is 30.3 Å². The van der Waals surface area contributed by atoms with Gasteiger partial charge >= 0.3 is 0 Å². The molecule has 1 aromatic carbocycles. The third kappa shape index (κ3) is 5.33. The van der Waals surface area contributed by atoms with E-state index in [4.69, 9.17) is 5.11 Å². The molecule has 2 N–H and O–H groups in total. The van der Waals surface area contributed by atoms with E-state index in [0.717, 1.165) is 37.7 Å². The lowest BCUT2D eigenvalue weighted by Gasteiger charge is -2.19. The highest BCUT2D eigenvalue weighted by Gasteiger charge is 2.15. The molecule has 0 radical (unpaired) electrons. The van der Waals surface area contributed by atoms with Crippen LogP contribution in [0.4, 0.5) is 0 Å². The molecule has 0 aliphatic carbocycles. The summed E-state index contributed by atoms with van der Waals surface area (Å²) in [7, 11) is 0. The van der Waals surface area contributed by atoms with Crippen molar-refractivity contribution in [2.24, 2.45) is 5.92 Å². The fourth-order valence-electron chi connectivity index (χ4n) is 2.07. The molecule has 0 aliphatic heterocycles. The van der Waals surface area contributed by atoms with Crippen LogP contribution in [0.1, 0.15) is 50.7 Å². The lowest BCUT2D eigenvalue weighted by atomic mass is 9.92. The summed E-state index contributed by atoms with van der Waals surface area (Å²) in [5.74, 6) is 0.298. The van der Waals surface area contributed by atoms with Crippen molar-refractivity contribution in [2.75, 3.05) is 6.61 Å². The fraction of sp³-hybridized carbons (Fsp3) is 0.600. The van der Waals surface area contributed by atoms with E-state index >= 15 is 0 Å². The van der Waals surface area contributed by atoms with Crippen molar-refractivity contribution in [3.63, 3.8) is 0 Å². The standard InChI is InChI=1S/C15H24O2/c1-13(9-5-2-3-8-12-16)15(17)14-10-6-4-7-11-14/h4,6-7,10-11,13,15-17H,2-3,5,8-9,12H2,1H3. The van der Waals surface area contributed by atoms with Crippen molar-refractivity contribution in [2.45, 2.75) is 45.1 Å². The lowest BCUT2D eigenvalue weighted by Crippen LogP contribution is -2.09. The Balaban J connectivity index is 2.25. The molecule has 0 bridgehead atoms. The number of hydrogen-bond donors (Lipinski definition) is 2. The average molecular weight is 236 g/mol. The largest absolute Gasteiger partial charge is 0.396 e. The maximum Gasteiger partial charge on any atom is 0.0815 e. The second kappa shape index (κ2) is 8.26. The van der Waals surface area contributed by atoms with Crippen LogP contribution in [0.2, 0.25) is 0 Å². The zero-order valence-corrected chi connectivity index (χ0v) is 10.7. The van der Waals surface area contributed by atoms with E-state index in [9.17, 15) is 5.11 Å². The summed E-state index contributed by atoms with van der Waals surface area (Å²) in [6, 6.07) is 9.86. The summed E-state index contributed by atoms with van der Waals surface area (Å²) in [6.07, 6.45) is 4.95. The maximum atomic E-state index is 10.2. The molecule has 2 atom stereocenters. The van der Waals surface area contributed by atoms with Crippen molar-refractivity contribution in [3.8, 4) is 0 Å². The number of unbranched alkanes of at least 4 members (excludes halogenated alkanes) is 3. The average Bonchev–Trinajstić information content (AvgIpc) is 2.38. The highest BCUT2D eigenvalue weighted by atomic mass is 16.3. The predicted molar refractivity (Wildman–Crippen MR) is 70.7 cm³/mol. The summed E-state index contributed by atoms with van der Waals surface area (Å²) in [5.41, 5.74) is 1.01. The monoisotopic (exact) mass is 236 g/mol. The molecule has 96 valence electrons. The fourth-order valence-corrected chi connectivity index (χ4v) is 2.07. The Hall–Kier alpha value is -0.860. The molecule has 17 heavy (non-hydrogen) atoms. The van der Waals surface area contributed by atoms with Gasteiger partial charge in [-0.25, -0.2) is 0 Å². The zero-order chi connectivity index (χ0) is 12.5. The Labute approximate surface area is 104 Å². The van der Waals surface area contributed by atoms with Gasteiger partial charge in [0, 0.05) is 6.61 Å². The number of aliphatic hydroxyl groups excluding tert-OH is 2. The van der Waals surface area contributed by atoms with Crippen LogP contribution in [-0.4, -0.2) is 16.8 Å². The Morgan fingerprint density at radius 3 is 2.29 bits per heavy atom. The summed E-state index contributed by atoms with van der Waals surface area (Å²) in [4.78, 5) is 0. The van der Waals surface area contributed by atoms with Crippen molar-refractivity contribution in [1.82, 2.24) is 0 Å². The van der Waals surface area contributed by atoms with Crippen LogP contribution in [0, 0.1) is 5.92 Å². The molecule has 0 spiro atoms. The quantitative estimate of drug-likeness (QED) is 0.680. The molecule has 0 aromatic heterocycles. The SMILES string of the molecule is CC(CCCCCCO)C(O)c1ccccc1. The van der Waals surface area contributed by atoms with Gasteiger partial charge in [-0.3, -0.25) is 0 Å². The first-order chi connectivity index (χ1) is 8.25. The Morgan fingerprint density at radius 1 is 1.00 bits per heavy atom. The van der Waals surface area contributed by atoms with Gasteiger partial charge in [-0.1, -0.05) is 56.5 Å². The molecule has 0 saturated carbocycles. The molecule has 0 aliphatic rings. The first kappa shape index (κ1) is 14.2. The molecule has 1 aromatic rings. The van der Waals surface area contributed by atoms with Gasteiger partial charge in [0.2, 0.25) is 0 Å². The second-order valence-corrected chi connectivity index (χ2v) is 4.76. The van der Waals surface area contributed by atoms with Crippen LogP contribution in [0.3, 0.4) is 0 Å². The minimum Gasteiger partial charge on any atom is -0.396 e. The summed E-state index contributed by atoms with van der Waals surface area (Å²) < 4.78 is 0. The highest BCUT2D eigenvalue weighted by Crippen LogP contribution is 2.25. The molecular weight excluding hydrogens is 212 g/mol. The molecule has 1 rings (SSSR count). The van der Waals surface area contributed by atoms with Gasteiger partial charge in [0.05, 0.1) is 6.10 Å². The summed E-state index contributed by atoms with van der Waals surface area (Å²) in [5, 5.41) is 18.8. The van der Waals surface area contributed by atoms with Crippen LogP contribution in [-0.2, 0) is 0 Å². The second-order valence-electron chi connectivity index (χ2n) is 4.76. The maximum absolute atomic E-state index is 10.2. The molecular formula is C15H24O2. The number of aliphatic hydroxyl groups is 2. The minimum atomic E-state index is -0.353. The van der Waals surface area contributed by atoms with Gasteiger partial charge in [0.25, 0.3) is 0 Å². The number of benzene rings is 1. The molecule has 0 heterocycles. The van der Waals surface area contributed by atoms with Crippen LogP contribution >= 0.6 is 0 Å². The number of rotatable bonds is 8. The zero-order valence-electron chi connectivity index (χ0n) is 10.7. The van der Waals surface area contributed by atoms with Gasteiger partial charge in [-0.05, 0) is 24.3 Å². The normalized spacial score (nSPS) is 14.5. The van der Waals surface area contributed by atoms with Crippen molar-refractivity contribution >= 4 is 0 Å². The van der Waals surface area contributed by atoms with Crippen molar-refractivity contribution in [3.05, 3.63) is 35.9 Å². The Bertz CT molecular complexity index is 284. The Morgan fingerprint density at radius 2 is 1.65 bits per heavy atom. The van der Waals surface area contributed by atoms with Gasteiger partial charge in [0.15, 0.2) is 0 Å². The van der Waals surface area contributed by atoms with Gasteiger partial charge in [0.1, 0.15) is 0 Å². The van der Waals surface area contributed by atoms with E-state index in [1.54, 1.807) is 0 Å². The third-order valence-corrected chi connectivity index (χ3v) is 3.25. The predicted octanol–water partition coefficient (Wildman–Crippen LogP) is 3.30. The molecule has 2 unspecified atom stereocenters. The Kier molecular flexibility index (Phi) is 6.90. The van der Waals surface area contributed by atoms with Gasteiger partial charge in [-0.15, -0.1) is 0 Å². The van der Waals surface area contributed by atoms with E-state index in [0.29, 0.717) is 12.5 Å². The third-order valence-electron chi connectivity index (χ3n) is 3.25. The number of hydrogen-bond acceptors (Lipinski definition) is 2. The molecule has 0 amide bonds. The minimum absolute atomic E-state index is 0.294. The van der Waals surface area contributed by atoms with Crippen LogP contribution < -0.4 is 0 Å². The van der Waals surface area contributed by atoms with Crippen LogP contribution in [0.5, 0.6) is 0 Å². The van der Waals surface area contributed by atoms with E-state index in [1.807, 2.05) is 30.3 Å². The van der Waals surface area contributed by atoms with Crippen molar-refractivity contribution in [1.29, 1.82) is 0 Å². The van der Waals surface area contributed by atoms with Crippen molar-refractivity contribution < 1.29 is 10.2 Å². The smallest absolute Gasteiger partial charge is 0.0815 e. The van der Waals surface area contributed by atoms with Gasteiger partial charge in [-0.2, -0.15) is 0 Å². The van der Waals surface area contributed by atoms with E-state index in [-0.39, 0.29) is 6.10 Å². The first-order valence-electron chi connectivity index (χ1n) is 6.59. The summed E-state index contributed by atoms with van der Waals surface area (Å²) >= 11 is 0. The molecule has 2 heteroatoms. The lowest BCUT2D eigenvalue weighted by molar-refractivity contribution is 0.111. The van der Waals surface area contributed by atoms with E-state index in [2.05, 4.69) is 6.92 Å². The molecule has 2 nitrogen and oxygen atoms in total. The molecule has 0 fully saturated rings. The summed E-state index contributed by atoms with van der Waals surface area (Å²) in [6.45, 7) is 2.39. The van der Waals surface area contributed by atoms with E-state index in [1.165, 1.54) is 0 Å². The topological polar surface area (TPSA) is 40.5 Å². The van der Waals surface area contributed by atoms with E-state index < -0.39 is 0 Å². The first-order valence-corrected chi connectivity index (χ1v) is 6.59. The van der Waals surface area contributed by atoms with Crippen LogP contribution in [0.25, 0.3) is 0 Å². The molecule has 0 saturated heterocycles. The van der Waals surface area contributed by atoms with Gasteiger partial charge < -0.3 is 10.2 Å². The highest BCUT2D eigenvalue weighted by molar-refractivity contribution is 5.17.